The fourth-order valence-corrected chi connectivity index (χ4v) is 1.52. The molecule has 0 spiro atoms. The van der Waals surface area contributed by atoms with Gasteiger partial charge in [-0.25, -0.2) is 4.39 Å². The Hall–Kier alpha value is -0.760. The van der Waals surface area contributed by atoms with E-state index in [-0.39, 0.29) is 17.8 Å². The first-order chi connectivity index (χ1) is 6.06. The number of nitrogens with zero attached hydrogens (tertiary/aromatic N) is 1. The summed E-state index contributed by atoms with van der Waals surface area (Å²) in [5, 5.41) is 10.5. The fourth-order valence-electron chi connectivity index (χ4n) is 0.955. The van der Waals surface area contributed by atoms with E-state index in [0.29, 0.717) is 3.57 Å². The highest BCUT2D eigenvalue weighted by Crippen LogP contribution is 2.23. The summed E-state index contributed by atoms with van der Waals surface area (Å²) in [4.78, 5) is 9.83. The largest absolute Gasteiger partial charge is 0.326 e. The van der Waals surface area contributed by atoms with Crippen LogP contribution in [0, 0.1) is 19.5 Å². The van der Waals surface area contributed by atoms with Gasteiger partial charge in [0.1, 0.15) is 5.82 Å². The highest BCUT2D eigenvalue weighted by molar-refractivity contribution is 14.1. The van der Waals surface area contributed by atoms with E-state index in [1.54, 1.807) is 0 Å². The molecule has 0 saturated heterocycles. The Bertz CT molecular complexity index is 357. The summed E-state index contributed by atoms with van der Waals surface area (Å²) in [6, 6.07) is 2.52. The third kappa shape index (κ3) is 2.13. The third-order valence-electron chi connectivity index (χ3n) is 1.54. The molecule has 70 valence electrons. The van der Waals surface area contributed by atoms with E-state index in [2.05, 4.69) is 0 Å². The van der Waals surface area contributed by atoms with Crippen molar-refractivity contribution in [3.8, 4) is 0 Å². The molecule has 0 bridgehead atoms. The molecule has 0 aromatic heterocycles. The predicted molar refractivity (Wildman–Crippen MR) is 53.7 cm³/mol. The molecule has 0 aliphatic carbocycles. The molecule has 0 aliphatic rings. The Morgan fingerprint density at radius 3 is 2.69 bits per heavy atom. The van der Waals surface area contributed by atoms with Crippen LogP contribution in [0.1, 0.15) is 5.56 Å². The van der Waals surface area contributed by atoms with Crippen LogP contribution in [0.5, 0.6) is 0 Å². The summed E-state index contributed by atoms with van der Waals surface area (Å²) < 4.78 is 13.6. The number of nitrogens with two attached hydrogens (primary N) is 1. The molecule has 0 aliphatic heterocycles. The summed E-state index contributed by atoms with van der Waals surface area (Å²) in [6.45, 7) is -0.168. The second-order valence-corrected chi connectivity index (χ2v) is 3.59. The SMILES string of the molecule is NCc1c(F)cc(I)cc1[N+](=O)[O-]. The molecule has 4 nitrogen and oxygen atoms in total. The van der Waals surface area contributed by atoms with Crippen molar-refractivity contribution in [2.45, 2.75) is 6.54 Å². The molecule has 0 amide bonds. The van der Waals surface area contributed by atoms with Gasteiger partial charge < -0.3 is 5.73 Å². The van der Waals surface area contributed by atoms with Crippen molar-refractivity contribution in [3.05, 3.63) is 37.2 Å². The Morgan fingerprint density at radius 1 is 1.62 bits per heavy atom. The normalized spacial score (nSPS) is 10.1. The number of rotatable bonds is 2. The smallest absolute Gasteiger partial charge is 0.277 e. The number of benzene rings is 1. The highest BCUT2D eigenvalue weighted by atomic mass is 127. The molecule has 1 aromatic rings. The Morgan fingerprint density at radius 2 is 2.23 bits per heavy atom. The lowest BCUT2D eigenvalue weighted by molar-refractivity contribution is -0.385. The van der Waals surface area contributed by atoms with Crippen LogP contribution in [-0.4, -0.2) is 4.92 Å². The highest BCUT2D eigenvalue weighted by Gasteiger charge is 2.17. The van der Waals surface area contributed by atoms with Gasteiger partial charge in [-0.1, -0.05) is 0 Å². The third-order valence-corrected chi connectivity index (χ3v) is 2.16. The minimum absolute atomic E-state index is 0.0505. The number of halogens is 2. The van der Waals surface area contributed by atoms with Crippen molar-refractivity contribution < 1.29 is 9.31 Å². The molecular weight excluding hydrogens is 290 g/mol. The van der Waals surface area contributed by atoms with Crippen molar-refractivity contribution >= 4 is 28.3 Å². The Labute approximate surface area is 87.2 Å². The van der Waals surface area contributed by atoms with Gasteiger partial charge in [0.15, 0.2) is 0 Å². The second-order valence-electron chi connectivity index (χ2n) is 2.35. The minimum atomic E-state index is -0.632. The standard InChI is InChI=1S/C7H6FIN2O2/c8-6-1-4(9)2-7(11(12)13)5(6)3-10/h1-2H,3,10H2. The zero-order valence-corrected chi connectivity index (χ0v) is 8.62. The molecular formula is C7H6FIN2O2. The monoisotopic (exact) mass is 296 g/mol. The molecule has 0 unspecified atom stereocenters. The van der Waals surface area contributed by atoms with Gasteiger partial charge in [-0.05, 0) is 28.7 Å². The molecule has 1 aromatic carbocycles. The maximum absolute atomic E-state index is 13.1. The molecule has 0 radical (unpaired) electrons. The molecule has 0 atom stereocenters. The average Bonchev–Trinajstić information content (AvgIpc) is 2.02. The topological polar surface area (TPSA) is 69.2 Å². The first kappa shape index (κ1) is 10.3. The van der Waals surface area contributed by atoms with Gasteiger partial charge in [0.2, 0.25) is 0 Å². The molecule has 13 heavy (non-hydrogen) atoms. The van der Waals surface area contributed by atoms with Gasteiger partial charge in [0, 0.05) is 16.2 Å². The van der Waals surface area contributed by atoms with E-state index in [9.17, 15) is 14.5 Å². The van der Waals surface area contributed by atoms with Crippen molar-refractivity contribution in [1.29, 1.82) is 0 Å². The minimum Gasteiger partial charge on any atom is -0.326 e. The lowest BCUT2D eigenvalue weighted by Gasteiger charge is -2.01. The summed E-state index contributed by atoms with van der Waals surface area (Å²) in [5.74, 6) is -0.624. The van der Waals surface area contributed by atoms with Crippen LogP contribution in [0.4, 0.5) is 10.1 Å². The zero-order valence-electron chi connectivity index (χ0n) is 6.46. The maximum Gasteiger partial charge on any atom is 0.277 e. The zero-order chi connectivity index (χ0) is 10.0. The summed E-state index contributed by atoms with van der Waals surface area (Å²) in [5.41, 5.74) is 4.88. The first-order valence-electron chi connectivity index (χ1n) is 3.38. The van der Waals surface area contributed by atoms with Crippen molar-refractivity contribution in [2.75, 3.05) is 0 Å². The van der Waals surface area contributed by atoms with Crippen LogP contribution in [0.2, 0.25) is 0 Å². The molecule has 2 N–H and O–H groups in total. The number of nitro groups is 1. The fraction of sp³-hybridized carbons (Fsp3) is 0.143. The number of hydrogen-bond donors (Lipinski definition) is 1. The quantitative estimate of drug-likeness (QED) is 0.514. The van der Waals surface area contributed by atoms with Gasteiger partial charge >= 0.3 is 0 Å². The maximum atomic E-state index is 13.1. The van der Waals surface area contributed by atoms with E-state index < -0.39 is 10.7 Å². The number of nitro benzene ring substituents is 1. The van der Waals surface area contributed by atoms with E-state index in [4.69, 9.17) is 5.73 Å². The molecule has 0 fully saturated rings. The van der Waals surface area contributed by atoms with Gasteiger partial charge in [0.25, 0.3) is 5.69 Å². The Balaban J connectivity index is 3.38. The van der Waals surface area contributed by atoms with E-state index in [0.717, 1.165) is 0 Å². The molecule has 0 heterocycles. The van der Waals surface area contributed by atoms with Crippen molar-refractivity contribution in [3.63, 3.8) is 0 Å². The first-order valence-corrected chi connectivity index (χ1v) is 4.46. The van der Waals surface area contributed by atoms with E-state index in [1.807, 2.05) is 22.6 Å². The van der Waals surface area contributed by atoms with Gasteiger partial charge in [-0.15, -0.1) is 0 Å². The lowest BCUT2D eigenvalue weighted by atomic mass is 10.2. The van der Waals surface area contributed by atoms with Crippen LogP contribution in [0.15, 0.2) is 12.1 Å². The molecule has 1 rings (SSSR count). The lowest BCUT2D eigenvalue weighted by Crippen LogP contribution is -2.05. The van der Waals surface area contributed by atoms with Gasteiger partial charge in [0.05, 0.1) is 10.5 Å². The summed E-state index contributed by atoms with van der Waals surface area (Å²) in [7, 11) is 0. The second kappa shape index (κ2) is 3.97. The van der Waals surface area contributed by atoms with Crippen LogP contribution in [0.3, 0.4) is 0 Å². The summed E-state index contributed by atoms with van der Waals surface area (Å²) in [6.07, 6.45) is 0. The van der Waals surface area contributed by atoms with Crippen LogP contribution >= 0.6 is 22.6 Å². The van der Waals surface area contributed by atoms with Crippen LogP contribution < -0.4 is 5.73 Å². The van der Waals surface area contributed by atoms with Gasteiger partial charge in [-0.3, -0.25) is 10.1 Å². The summed E-state index contributed by atoms with van der Waals surface area (Å²) >= 11 is 1.81. The van der Waals surface area contributed by atoms with Crippen molar-refractivity contribution in [1.82, 2.24) is 0 Å². The average molecular weight is 296 g/mol. The van der Waals surface area contributed by atoms with E-state index >= 15 is 0 Å². The van der Waals surface area contributed by atoms with Crippen LogP contribution in [0.25, 0.3) is 0 Å². The van der Waals surface area contributed by atoms with E-state index in [1.165, 1.54) is 12.1 Å². The molecule has 6 heteroatoms. The van der Waals surface area contributed by atoms with Crippen molar-refractivity contribution in [2.24, 2.45) is 5.73 Å². The number of hydrogen-bond acceptors (Lipinski definition) is 3. The molecule has 0 saturated carbocycles. The van der Waals surface area contributed by atoms with Gasteiger partial charge in [-0.2, -0.15) is 0 Å². The van der Waals surface area contributed by atoms with Crippen LogP contribution in [-0.2, 0) is 6.54 Å². The predicted octanol–water partition coefficient (Wildman–Crippen LogP) is 1.80. The Kier molecular flexibility index (Phi) is 3.15.